The highest BCUT2D eigenvalue weighted by molar-refractivity contribution is 5.62. The van der Waals surface area contributed by atoms with Gasteiger partial charge in [-0.05, 0) is 36.3 Å². The lowest BCUT2D eigenvalue weighted by atomic mass is 10.0. The normalized spacial score (nSPS) is 25.6. The highest BCUT2D eigenvalue weighted by Gasteiger charge is 2.35. The first-order valence-corrected chi connectivity index (χ1v) is 7.35. The fraction of sp³-hybridized carbons (Fsp3) is 0.600. The highest BCUT2D eigenvalue weighted by atomic mass is 16.6. The molecule has 1 N–H and O–H groups in total. The SMILES string of the molecule is CNc1ccc(CN2CC3CCCC3C2)cc1[N+](=O)[O-]. The van der Waals surface area contributed by atoms with Crippen molar-refractivity contribution in [3.63, 3.8) is 0 Å². The molecule has 0 bridgehead atoms. The van der Waals surface area contributed by atoms with Gasteiger partial charge in [-0.3, -0.25) is 15.0 Å². The van der Waals surface area contributed by atoms with E-state index in [0.29, 0.717) is 5.69 Å². The van der Waals surface area contributed by atoms with Gasteiger partial charge in [-0.2, -0.15) is 0 Å². The van der Waals surface area contributed by atoms with Crippen molar-refractivity contribution < 1.29 is 4.92 Å². The van der Waals surface area contributed by atoms with E-state index in [-0.39, 0.29) is 10.6 Å². The van der Waals surface area contributed by atoms with Crippen LogP contribution in [0.4, 0.5) is 11.4 Å². The van der Waals surface area contributed by atoms with Crippen LogP contribution in [-0.2, 0) is 6.54 Å². The molecule has 5 heteroatoms. The molecule has 1 aliphatic carbocycles. The van der Waals surface area contributed by atoms with Gasteiger partial charge in [0.2, 0.25) is 0 Å². The second-order valence-corrected chi connectivity index (χ2v) is 6.00. The first kappa shape index (κ1) is 13.4. The zero-order valence-electron chi connectivity index (χ0n) is 11.8. The number of benzene rings is 1. The molecule has 1 aliphatic heterocycles. The first-order chi connectivity index (χ1) is 9.67. The summed E-state index contributed by atoms with van der Waals surface area (Å²) in [6, 6.07) is 5.51. The molecule has 20 heavy (non-hydrogen) atoms. The Bertz CT molecular complexity index is 506. The Morgan fingerprint density at radius 2 is 2.05 bits per heavy atom. The Morgan fingerprint density at radius 1 is 1.35 bits per heavy atom. The van der Waals surface area contributed by atoms with E-state index in [9.17, 15) is 10.1 Å². The maximum Gasteiger partial charge on any atom is 0.292 e. The van der Waals surface area contributed by atoms with Gasteiger partial charge >= 0.3 is 0 Å². The maximum absolute atomic E-state index is 11.1. The van der Waals surface area contributed by atoms with Crippen molar-refractivity contribution in [3.05, 3.63) is 33.9 Å². The molecule has 1 aromatic rings. The van der Waals surface area contributed by atoms with Crippen molar-refractivity contribution in [2.75, 3.05) is 25.5 Å². The Balaban J connectivity index is 1.72. The molecule has 1 saturated heterocycles. The summed E-state index contributed by atoms with van der Waals surface area (Å²) in [4.78, 5) is 13.2. The minimum absolute atomic E-state index is 0.171. The molecule has 2 aliphatic rings. The zero-order valence-corrected chi connectivity index (χ0v) is 11.8. The monoisotopic (exact) mass is 275 g/mol. The van der Waals surface area contributed by atoms with E-state index >= 15 is 0 Å². The molecular weight excluding hydrogens is 254 g/mol. The lowest BCUT2D eigenvalue weighted by Gasteiger charge is -2.17. The van der Waals surface area contributed by atoms with Crippen LogP contribution in [0.1, 0.15) is 24.8 Å². The van der Waals surface area contributed by atoms with Crippen molar-refractivity contribution in [3.8, 4) is 0 Å². The van der Waals surface area contributed by atoms with E-state index < -0.39 is 0 Å². The van der Waals surface area contributed by atoms with Crippen LogP contribution < -0.4 is 5.32 Å². The molecule has 0 spiro atoms. The minimum atomic E-state index is -0.311. The summed E-state index contributed by atoms with van der Waals surface area (Å²) >= 11 is 0. The average molecular weight is 275 g/mol. The number of likely N-dealkylation sites (tertiary alicyclic amines) is 1. The third-order valence-corrected chi connectivity index (χ3v) is 4.74. The van der Waals surface area contributed by atoms with Gasteiger partial charge in [0.05, 0.1) is 4.92 Å². The summed E-state index contributed by atoms with van der Waals surface area (Å²) in [5.41, 5.74) is 1.79. The van der Waals surface area contributed by atoms with E-state index in [1.165, 1.54) is 19.3 Å². The standard InChI is InChI=1S/C15H21N3O2/c1-16-14-6-5-11(7-15(14)18(19)20)8-17-9-12-3-2-4-13(12)10-17/h5-7,12-13,16H,2-4,8-10H2,1H3. The van der Waals surface area contributed by atoms with E-state index in [1.54, 1.807) is 13.1 Å². The van der Waals surface area contributed by atoms with Gasteiger partial charge in [0.1, 0.15) is 5.69 Å². The van der Waals surface area contributed by atoms with Gasteiger partial charge < -0.3 is 5.32 Å². The van der Waals surface area contributed by atoms with Crippen molar-refractivity contribution in [1.82, 2.24) is 4.90 Å². The molecule has 108 valence electrons. The van der Waals surface area contributed by atoms with Crippen LogP contribution >= 0.6 is 0 Å². The van der Waals surface area contributed by atoms with Crippen LogP contribution in [0.15, 0.2) is 18.2 Å². The van der Waals surface area contributed by atoms with Crippen LogP contribution in [0, 0.1) is 22.0 Å². The smallest absolute Gasteiger partial charge is 0.292 e. The number of hydrogen-bond acceptors (Lipinski definition) is 4. The molecule has 5 nitrogen and oxygen atoms in total. The third kappa shape index (κ3) is 2.50. The van der Waals surface area contributed by atoms with Crippen LogP contribution in [0.25, 0.3) is 0 Å². The number of nitrogens with zero attached hydrogens (tertiary/aromatic N) is 2. The largest absolute Gasteiger partial charge is 0.383 e. The number of nitro groups is 1. The Kier molecular flexibility index (Phi) is 3.61. The van der Waals surface area contributed by atoms with Crippen molar-refractivity contribution in [2.45, 2.75) is 25.8 Å². The number of fused-ring (bicyclic) bond motifs is 1. The molecule has 3 rings (SSSR count). The molecule has 0 radical (unpaired) electrons. The average Bonchev–Trinajstić information content (AvgIpc) is 2.99. The van der Waals surface area contributed by atoms with Gasteiger partial charge in [0.15, 0.2) is 0 Å². The number of rotatable bonds is 4. The van der Waals surface area contributed by atoms with E-state index in [0.717, 1.165) is 37.0 Å². The molecule has 1 saturated carbocycles. The van der Waals surface area contributed by atoms with Crippen LogP contribution in [0.5, 0.6) is 0 Å². The lowest BCUT2D eigenvalue weighted by Crippen LogP contribution is -2.21. The third-order valence-electron chi connectivity index (χ3n) is 4.74. The van der Waals surface area contributed by atoms with Gasteiger partial charge in [0, 0.05) is 32.7 Å². The predicted molar refractivity (Wildman–Crippen MR) is 78.8 cm³/mol. The second kappa shape index (κ2) is 5.40. The van der Waals surface area contributed by atoms with Gasteiger partial charge in [0.25, 0.3) is 5.69 Å². The second-order valence-electron chi connectivity index (χ2n) is 6.00. The fourth-order valence-electron chi connectivity index (χ4n) is 3.76. The first-order valence-electron chi connectivity index (χ1n) is 7.35. The topological polar surface area (TPSA) is 58.4 Å². The van der Waals surface area contributed by atoms with Gasteiger partial charge in [-0.15, -0.1) is 0 Å². The van der Waals surface area contributed by atoms with Crippen LogP contribution in [-0.4, -0.2) is 30.0 Å². The van der Waals surface area contributed by atoms with Gasteiger partial charge in [-0.25, -0.2) is 0 Å². The number of nitrogens with one attached hydrogen (secondary N) is 1. The van der Waals surface area contributed by atoms with Crippen LogP contribution in [0.3, 0.4) is 0 Å². The van der Waals surface area contributed by atoms with E-state index in [2.05, 4.69) is 10.2 Å². The van der Waals surface area contributed by atoms with E-state index in [1.807, 2.05) is 12.1 Å². The van der Waals surface area contributed by atoms with Crippen molar-refractivity contribution in [1.29, 1.82) is 0 Å². The molecule has 0 amide bonds. The summed E-state index contributed by atoms with van der Waals surface area (Å²) in [5.74, 6) is 1.73. The molecule has 0 aromatic heterocycles. The van der Waals surface area contributed by atoms with E-state index in [4.69, 9.17) is 0 Å². The predicted octanol–water partition coefficient (Wildman–Crippen LogP) is 2.87. The Morgan fingerprint density at radius 3 is 2.65 bits per heavy atom. The molecule has 1 aromatic carbocycles. The Hall–Kier alpha value is -1.62. The Labute approximate surface area is 119 Å². The summed E-state index contributed by atoms with van der Waals surface area (Å²) in [7, 11) is 1.71. The lowest BCUT2D eigenvalue weighted by molar-refractivity contribution is -0.384. The summed E-state index contributed by atoms with van der Waals surface area (Å²) in [6.07, 6.45) is 4.10. The quantitative estimate of drug-likeness (QED) is 0.678. The molecule has 1 heterocycles. The summed E-state index contributed by atoms with van der Waals surface area (Å²) in [6.45, 7) is 3.15. The molecular formula is C15H21N3O2. The van der Waals surface area contributed by atoms with Gasteiger partial charge in [-0.1, -0.05) is 12.5 Å². The molecule has 2 fully saturated rings. The van der Waals surface area contributed by atoms with Crippen LogP contribution in [0.2, 0.25) is 0 Å². The highest BCUT2D eigenvalue weighted by Crippen LogP contribution is 2.38. The zero-order chi connectivity index (χ0) is 14.1. The summed E-state index contributed by atoms with van der Waals surface area (Å²) in [5, 5.41) is 14.0. The number of hydrogen-bond donors (Lipinski definition) is 1. The number of nitro benzene ring substituents is 1. The number of anilines is 1. The summed E-state index contributed by atoms with van der Waals surface area (Å²) < 4.78 is 0. The maximum atomic E-state index is 11.1. The van der Waals surface area contributed by atoms with Crippen molar-refractivity contribution >= 4 is 11.4 Å². The van der Waals surface area contributed by atoms with Crippen molar-refractivity contribution in [2.24, 2.45) is 11.8 Å². The minimum Gasteiger partial charge on any atom is -0.383 e. The fourth-order valence-corrected chi connectivity index (χ4v) is 3.76. The molecule has 2 unspecified atom stereocenters. The molecule has 2 atom stereocenters.